The molecular formula is C14H19N5O3S. The molecule has 0 aliphatic carbocycles. The monoisotopic (exact) mass is 337 g/mol. The first-order chi connectivity index (χ1) is 10.7. The molecule has 1 atom stereocenters. The molecule has 2 rings (SSSR count). The Balaban J connectivity index is 2.11. The van der Waals surface area contributed by atoms with Gasteiger partial charge in [0.15, 0.2) is 15.7 Å². The van der Waals surface area contributed by atoms with Crippen LogP contribution in [0.4, 0.5) is 10.5 Å². The van der Waals surface area contributed by atoms with Gasteiger partial charge in [-0.3, -0.25) is 5.10 Å². The van der Waals surface area contributed by atoms with E-state index in [1.165, 1.54) is 12.1 Å². The van der Waals surface area contributed by atoms with Crippen LogP contribution in [0.15, 0.2) is 23.1 Å². The molecule has 1 aromatic heterocycles. The summed E-state index contributed by atoms with van der Waals surface area (Å²) in [6.07, 6.45) is 1.12. The number of aromatic amines is 1. The Hall–Kier alpha value is -2.42. The first kappa shape index (κ1) is 16.9. The van der Waals surface area contributed by atoms with Crippen molar-refractivity contribution in [3.63, 3.8) is 0 Å². The van der Waals surface area contributed by atoms with E-state index in [1.807, 2.05) is 0 Å². The van der Waals surface area contributed by atoms with Crippen LogP contribution in [0.25, 0.3) is 0 Å². The van der Waals surface area contributed by atoms with Gasteiger partial charge in [-0.05, 0) is 38.5 Å². The zero-order valence-corrected chi connectivity index (χ0v) is 14.2. The van der Waals surface area contributed by atoms with E-state index in [0.29, 0.717) is 17.3 Å². The summed E-state index contributed by atoms with van der Waals surface area (Å²) in [5, 5.41) is 12.0. The third kappa shape index (κ3) is 4.28. The molecular weight excluding hydrogens is 318 g/mol. The van der Waals surface area contributed by atoms with Crippen LogP contribution in [0.3, 0.4) is 0 Å². The standard InChI is InChI=1S/C14H19N5O3S/c1-8-5-6-11(23(4,21)22)7-12(8)17-14(20)15-9(2)13-16-10(3)18-19-13/h5-7,9H,1-4H3,(H2,15,17,20)(H,16,18,19)/t9-/m1/s1. The number of hydrogen-bond acceptors (Lipinski definition) is 5. The van der Waals surface area contributed by atoms with Gasteiger partial charge >= 0.3 is 6.03 Å². The van der Waals surface area contributed by atoms with Gasteiger partial charge in [0.25, 0.3) is 0 Å². The Bertz CT molecular complexity index is 829. The molecule has 0 saturated carbocycles. The third-order valence-electron chi connectivity index (χ3n) is 3.23. The lowest BCUT2D eigenvalue weighted by atomic mass is 10.2. The summed E-state index contributed by atoms with van der Waals surface area (Å²) in [5.41, 5.74) is 1.19. The molecule has 0 unspecified atom stereocenters. The van der Waals surface area contributed by atoms with Crippen LogP contribution in [0, 0.1) is 13.8 Å². The lowest BCUT2D eigenvalue weighted by molar-refractivity contribution is 0.249. The Morgan fingerprint density at radius 3 is 2.57 bits per heavy atom. The van der Waals surface area contributed by atoms with Crippen molar-refractivity contribution in [2.45, 2.75) is 31.7 Å². The van der Waals surface area contributed by atoms with Crippen LogP contribution < -0.4 is 10.6 Å². The maximum atomic E-state index is 12.1. The van der Waals surface area contributed by atoms with Gasteiger partial charge in [-0.2, -0.15) is 5.10 Å². The summed E-state index contributed by atoms with van der Waals surface area (Å²) in [6, 6.07) is 3.74. The molecule has 1 heterocycles. The van der Waals surface area contributed by atoms with Crippen molar-refractivity contribution in [3.05, 3.63) is 35.4 Å². The molecule has 2 aromatic rings. The highest BCUT2D eigenvalue weighted by molar-refractivity contribution is 7.90. The molecule has 0 spiro atoms. The predicted molar refractivity (Wildman–Crippen MR) is 86.0 cm³/mol. The van der Waals surface area contributed by atoms with Crippen molar-refractivity contribution < 1.29 is 13.2 Å². The van der Waals surface area contributed by atoms with Crippen molar-refractivity contribution in [1.82, 2.24) is 20.5 Å². The second-order valence-electron chi connectivity index (χ2n) is 5.35. The van der Waals surface area contributed by atoms with Crippen molar-refractivity contribution in [2.24, 2.45) is 0 Å². The zero-order valence-electron chi connectivity index (χ0n) is 13.3. The van der Waals surface area contributed by atoms with E-state index in [9.17, 15) is 13.2 Å². The fraction of sp³-hybridized carbons (Fsp3) is 0.357. The van der Waals surface area contributed by atoms with Crippen LogP contribution in [0.2, 0.25) is 0 Å². The fourth-order valence-corrected chi connectivity index (χ4v) is 2.59. The molecule has 0 bridgehead atoms. The van der Waals surface area contributed by atoms with Crippen LogP contribution in [0.1, 0.15) is 30.2 Å². The molecule has 3 N–H and O–H groups in total. The molecule has 9 heteroatoms. The van der Waals surface area contributed by atoms with E-state index in [2.05, 4.69) is 25.8 Å². The predicted octanol–water partition coefficient (Wildman–Crippen LogP) is 1.71. The van der Waals surface area contributed by atoms with E-state index in [4.69, 9.17) is 0 Å². The van der Waals surface area contributed by atoms with E-state index in [0.717, 1.165) is 11.8 Å². The molecule has 0 aliphatic heterocycles. The van der Waals surface area contributed by atoms with Gasteiger partial charge in [-0.25, -0.2) is 18.2 Å². The highest BCUT2D eigenvalue weighted by Crippen LogP contribution is 2.20. The van der Waals surface area contributed by atoms with Crippen molar-refractivity contribution in [1.29, 1.82) is 0 Å². The number of hydrogen-bond donors (Lipinski definition) is 3. The summed E-state index contributed by atoms with van der Waals surface area (Å²) in [6.45, 7) is 5.30. The van der Waals surface area contributed by atoms with Gasteiger partial charge in [0, 0.05) is 11.9 Å². The number of anilines is 1. The maximum Gasteiger partial charge on any atom is 0.319 e. The summed E-state index contributed by atoms with van der Waals surface area (Å²) in [4.78, 5) is 16.4. The number of benzene rings is 1. The summed E-state index contributed by atoms with van der Waals surface area (Å²) >= 11 is 0. The van der Waals surface area contributed by atoms with E-state index >= 15 is 0 Å². The number of carbonyl (C=O) groups excluding carboxylic acids is 1. The lowest BCUT2D eigenvalue weighted by Gasteiger charge is -2.14. The molecule has 8 nitrogen and oxygen atoms in total. The zero-order chi connectivity index (χ0) is 17.2. The van der Waals surface area contributed by atoms with Crippen LogP contribution >= 0.6 is 0 Å². The molecule has 0 radical (unpaired) electrons. The number of aryl methyl sites for hydroxylation is 2. The van der Waals surface area contributed by atoms with Crippen LogP contribution in [-0.4, -0.2) is 35.9 Å². The number of carbonyl (C=O) groups is 1. The Morgan fingerprint density at radius 2 is 2.00 bits per heavy atom. The van der Waals surface area contributed by atoms with Gasteiger partial charge in [-0.15, -0.1) is 0 Å². The van der Waals surface area contributed by atoms with Crippen molar-refractivity contribution in [3.8, 4) is 0 Å². The smallest absolute Gasteiger partial charge is 0.319 e. The van der Waals surface area contributed by atoms with Gasteiger partial charge in [0.2, 0.25) is 0 Å². The molecule has 2 amide bonds. The summed E-state index contributed by atoms with van der Waals surface area (Å²) < 4.78 is 23.2. The van der Waals surface area contributed by atoms with Crippen molar-refractivity contribution in [2.75, 3.05) is 11.6 Å². The first-order valence-electron chi connectivity index (χ1n) is 6.94. The number of nitrogens with zero attached hydrogens (tertiary/aromatic N) is 2. The van der Waals surface area contributed by atoms with Crippen molar-refractivity contribution >= 4 is 21.6 Å². The average molecular weight is 337 g/mol. The molecule has 0 fully saturated rings. The SMILES string of the molecule is Cc1nc([C@@H](C)NC(=O)Nc2cc(S(C)(=O)=O)ccc2C)n[nH]1. The number of urea groups is 1. The molecule has 0 aliphatic rings. The van der Waals surface area contributed by atoms with E-state index in [-0.39, 0.29) is 4.90 Å². The van der Waals surface area contributed by atoms with Gasteiger partial charge in [0.1, 0.15) is 5.82 Å². The number of amides is 2. The molecule has 23 heavy (non-hydrogen) atoms. The maximum absolute atomic E-state index is 12.1. The number of nitrogens with one attached hydrogen (secondary N) is 3. The average Bonchev–Trinajstić information content (AvgIpc) is 2.86. The minimum atomic E-state index is -3.34. The van der Waals surface area contributed by atoms with Gasteiger partial charge < -0.3 is 10.6 Å². The summed E-state index contributed by atoms with van der Waals surface area (Å²) in [5.74, 6) is 1.13. The number of rotatable bonds is 4. The molecule has 0 saturated heterocycles. The number of sulfone groups is 1. The second kappa shape index (κ2) is 6.37. The minimum Gasteiger partial charge on any atom is -0.328 e. The lowest BCUT2D eigenvalue weighted by Crippen LogP contribution is -2.32. The van der Waals surface area contributed by atoms with E-state index < -0.39 is 21.9 Å². The highest BCUT2D eigenvalue weighted by atomic mass is 32.2. The topological polar surface area (TPSA) is 117 Å². The van der Waals surface area contributed by atoms with Crippen LogP contribution in [0.5, 0.6) is 0 Å². The fourth-order valence-electron chi connectivity index (χ4n) is 1.94. The largest absolute Gasteiger partial charge is 0.328 e. The quantitative estimate of drug-likeness (QED) is 0.785. The Morgan fingerprint density at radius 1 is 1.30 bits per heavy atom. The normalized spacial score (nSPS) is 12.7. The first-order valence-corrected chi connectivity index (χ1v) is 8.83. The third-order valence-corrected chi connectivity index (χ3v) is 4.35. The number of H-pyrrole nitrogens is 1. The second-order valence-corrected chi connectivity index (χ2v) is 7.36. The number of aromatic nitrogens is 3. The highest BCUT2D eigenvalue weighted by Gasteiger charge is 2.15. The van der Waals surface area contributed by atoms with E-state index in [1.54, 1.807) is 26.8 Å². The molecule has 1 aromatic carbocycles. The molecule has 124 valence electrons. The Kier molecular flexibility index (Phi) is 4.69. The Labute approximate surface area is 134 Å². The summed E-state index contributed by atoms with van der Waals surface area (Å²) in [7, 11) is -3.34. The van der Waals surface area contributed by atoms with Gasteiger partial charge in [0.05, 0.1) is 10.9 Å². The van der Waals surface area contributed by atoms with Gasteiger partial charge in [-0.1, -0.05) is 6.07 Å². The van der Waals surface area contributed by atoms with Crippen LogP contribution in [-0.2, 0) is 9.84 Å². The minimum absolute atomic E-state index is 0.149.